The summed E-state index contributed by atoms with van der Waals surface area (Å²) in [5.41, 5.74) is 2.48. The molecule has 2 aromatic carbocycles. The molecule has 1 aromatic heterocycles. The lowest BCUT2D eigenvalue weighted by atomic mass is 9.96. The lowest BCUT2D eigenvalue weighted by Gasteiger charge is -2.38. The molecule has 1 atom stereocenters. The lowest BCUT2D eigenvalue weighted by Crippen LogP contribution is -2.45. The minimum Gasteiger partial charge on any atom is -0.508 e. The summed E-state index contributed by atoms with van der Waals surface area (Å²) < 4.78 is 39.1. The number of phenolic OH excluding ortho intramolecular Hbond substituents is 1. The minimum absolute atomic E-state index is 0.130. The number of amides is 1. The van der Waals surface area contributed by atoms with Gasteiger partial charge in [-0.3, -0.25) is 14.7 Å². The van der Waals surface area contributed by atoms with Gasteiger partial charge in [0.15, 0.2) is 0 Å². The van der Waals surface area contributed by atoms with E-state index in [4.69, 9.17) is 0 Å². The normalized spacial score (nSPS) is 19.4. The molecule has 10 heteroatoms. The molecule has 0 aliphatic carbocycles. The van der Waals surface area contributed by atoms with Crippen LogP contribution in [0.25, 0.3) is 0 Å². The van der Waals surface area contributed by atoms with Gasteiger partial charge in [0, 0.05) is 35.7 Å². The fourth-order valence-electron chi connectivity index (χ4n) is 6.03. The number of phenols is 1. The predicted octanol–water partition coefficient (Wildman–Crippen LogP) is 6.73. The van der Waals surface area contributed by atoms with E-state index < -0.39 is 11.7 Å². The number of carbonyl (C=O) groups excluding carboxylic acids is 1. The Balaban J connectivity index is 1.10. The molecule has 0 radical (unpaired) electrons. The van der Waals surface area contributed by atoms with Gasteiger partial charge >= 0.3 is 6.18 Å². The molecule has 2 fully saturated rings. The number of hydrogen-bond acceptors (Lipinski definition) is 5. The minimum atomic E-state index is -4.38. The van der Waals surface area contributed by atoms with Gasteiger partial charge in [0.1, 0.15) is 5.75 Å². The van der Waals surface area contributed by atoms with Gasteiger partial charge in [-0.1, -0.05) is 24.3 Å². The summed E-state index contributed by atoms with van der Waals surface area (Å²) in [5, 5.41) is 12.3. The van der Waals surface area contributed by atoms with Crippen LogP contribution in [0.15, 0.2) is 65.3 Å². The number of halogens is 4. The molecule has 2 saturated heterocycles. The number of piperidine rings is 1. The Morgan fingerprint density at radius 1 is 0.952 bits per heavy atom. The SMILES string of the molecule is O=C(NCc1ccc(C(F)(F)F)cc1)c1cnc(C2CCCN(C3CCN(Cc4ccc(O)cc4)CC3)CC2)c(Br)c1. The predicted molar refractivity (Wildman–Crippen MR) is 159 cm³/mol. The maximum Gasteiger partial charge on any atom is 0.416 e. The Bertz CT molecular complexity index is 1340. The van der Waals surface area contributed by atoms with E-state index in [9.17, 15) is 23.1 Å². The van der Waals surface area contributed by atoms with Crippen molar-refractivity contribution in [3.05, 3.63) is 93.2 Å². The van der Waals surface area contributed by atoms with E-state index in [0.29, 0.717) is 28.8 Å². The first-order valence-electron chi connectivity index (χ1n) is 14.5. The molecule has 1 unspecified atom stereocenters. The standard InChI is InChI=1S/C32H36BrF3N4O2/c33-29-18-25(31(42)38-19-22-3-7-26(8-4-22)32(34,35)36)20-37-30(29)24-2-1-14-40(17-11-24)27-12-15-39(16-13-27)21-23-5-9-28(41)10-6-23/h3-10,18,20,24,27,41H,1-2,11-17,19,21H2,(H,38,42). The second-order valence-corrected chi connectivity index (χ2v) is 12.2. The second-order valence-electron chi connectivity index (χ2n) is 11.3. The zero-order valence-corrected chi connectivity index (χ0v) is 25.0. The van der Waals surface area contributed by atoms with Crippen LogP contribution in [0.5, 0.6) is 5.75 Å². The van der Waals surface area contributed by atoms with Crippen molar-refractivity contribution in [2.75, 3.05) is 26.2 Å². The average Bonchev–Trinajstić information content (AvgIpc) is 3.23. The largest absolute Gasteiger partial charge is 0.508 e. The highest BCUT2D eigenvalue weighted by molar-refractivity contribution is 9.10. The van der Waals surface area contributed by atoms with Gasteiger partial charge in [-0.25, -0.2) is 0 Å². The molecule has 2 aliphatic rings. The quantitative estimate of drug-likeness (QED) is 0.298. The third-order valence-electron chi connectivity index (χ3n) is 8.43. The van der Waals surface area contributed by atoms with Crippen LogP contribution in [0.3, 0.4) is 0 Å². The molecule has 5 rings (SSSR count). The Morgan fingerprint density at radius 2 is 1.64 bits per heavy atom. The van der Waals surface area contributed by atoms with E-state index in [1.54, 1.807) is 24.4 Å². The molecular weight excluding hydrogens is 609 g/mol. The number of nitrogens with zero attached hydrogens (tertiary/aromatic N) is 3. The molecular formula is C32H36BrF3N4O2. The van der Waals surface area contributed by atoms with E-state index >= 15 is 0 Å². The van der Waals surface area contributed by atoms with Gasteiger partial charge in [0.2, 0.25) is 0 Å². The number of aromatic hydroxyl groups is 1. The van der Waals surface area contributed by atoms with Crippen molar-refractivity contribution in [2.24, 2.45) is 0 Å². The van der Waals surface area contributed by atoms with Crippen LogP contribution in [0, 0.1) is 0 Å². The summed E-state index contributed by atoms with van der Waals surface area (Å²) in [5.74, 6) is 0.289. The number of aromatic nitrogens is 1. The van der Waals surface area contributed by atoms with Gasteiger partial charge in [-0.15, -0.1) is 0 Å². The number of benzene rings is 2. The van der Waals surface area contributed by atoms with Crippen molar-refractivity contribution in [1.29, 1.82) is 0 Å². The highest BCUT2D eigenvalue weighted by Gasteiger charge is 2.30. The number of likely N-dealkylation sites (tertiary alicyclic amines) is 2. The fourth-order valence-corrected chi connectivity index (χ4v) is 6.70. The van der Waals surface area contributed by atoms with E-state index in [-0.39, 0.29) is 12.5 Å². The van der Waals surface area contributed by atoms with E-state index in [1.165, 1.54) is 17.7 Å². The number of pyridine rings is 1. The summed E-state index contributed by atoms with van der Waals surface area (Å²) in [6.07, 6.45) is 2.67. The highest BCUT2D eigenvalue weighted by Crippen LogP contribution is 2.34. The number of nitrogens with one attached hydrogen (secondary N) is 1. The third kappa shape index (κ3) is 7.90. The van der Waals surface area contributed by atoms with E-state index in [1.807, 2.05) is 12.1 Å². The molecule has 2 N–H and O–H groups in total. The summed E-state index contributed by atoms with van der Waals surface area (Å²) in [4.78, 5) is 22.5. The maximum absolute atomic E-state index is 12.8. The summed E-state index contributed by atoms with van der Waals surface area (Å²) in [6, 6.07) is 14.6. The molecule has 2 aliphatic heterocycles. The van der Waals surface area contributed by atoms with E-state index in [0.717, 1.165) is 87.1 Å². The zero-order chi connectivity index (χ0) is 29.7. The lowest BCUT2D eigenvalue weighted by molar-refractivity contribution is -0.137. The Morgan fingerprint density at radius 3 is 2.31 bits per heavy atom. The van der Waals surface area contributed by atoms with E-state index in [2.05, 4.69) is 36.0 Å². The summed E-state index contributed by atoms with van der Waals surface area (Å²) in [7, 11) is 0. The zero-order valence-electron chi connectivity index (χ0n) is 23.4. The van der Waals surface area contributed by atoms with Crippen LogP contribution < -0.4 is 5.32 Å². The second kappa shape index (κ2) is 13.6. The maximum atomic E-state index is 12.8. The number of hydrogen-bond donors (Lipinski definition) is 2. The molecule has 0 saturated carbocycles. The van der Waals surface area contributed by atoms with Crippen molar-refractivity contribution in [3.63, 3.8) is 0 Å². The number of alkyl halides is 3. The topological polar surface area (TPSA) is 68.7 Å². The van der Waals surface area contributed by atoms with Crippen LogP contribution in [-0.4, -0.2) is 58.0 Å². The third-order valence-corrected chi connectivity index (χ3v) is 9.07. The molecule has 224 valence electrons. The molecule has 3 heterocycles. The fraction of sp³-hybridized carbons (Fsp3) is 0.438. The van der Waals surface area contributed by atoms with Crippen molar-refractivity contribution >= 4 is 21.8 Å². The molecule has 3 aromatic rings. The van der Waals surface area contributed by atoms with Crippen LogP contribution in [-0.2, 0) is 19.3 Å². The summed E-state index contributed by atoms with van der Waals surface area (Å²) in [6.45, 7) is 5.29. The monoisotopic (exact) mass is 644 g/mol. The van der Waals surface area contributed by atoms with Gasteiger partial charge in [0.05, 0.1) is 16.8 Å². The van der Waals surface area contributed by atoms with Crippen LogP contribution in [0.4, 0.5) is 13.2 Å². The van der Waals surface area contributed by atoms with Crippen LogP contribution in [0.2, 0.25) is 0 Å². The van der Waals surface area contributed by atoms with Crippen molar-refractivity contribution < 1.29 is 23.1 Å². The first kappa shape index (κ1) is 30.5. The van der Waals surface area contributed by atoms with Crippen LogP contribution in [0.1, 0.15) is 70.8 Å². The average molecular weight is 646 g/mol. The first-order valence-corrected chi connectivity index (χ1v) is 15.3. The van der Waals surface area contributed by atoms with Crippen molar-refractivity contribution in [3.8, 4) is 5.75 Å². The Kier molecular flexibility index (Phi) is 9.85. The Hall–Kier alpha value is -2.95. The first-order chi connectivity index (χ1) is 20.2. The van der Waals surface area contributed by atoms with Gasteiger partial charge < -0.3 is 15.3 Å². The van der Waals surface area contributed by atoms with Crippen LogP contribution >= 0.6 is 15.9 Å². The van der Waals surface area contributed by atoms with Gasteiger partial charge in [-0.2, -0.15) is 13.2 Å². The molecule has 42 heavy (non-hydrogen) atoms. The number of rotatable bonds is 7. The van der Waals surface area contributed by atoms with Crippen molar-refractivity contribution in [1.82, 2.24) is 20.1 Å². The van der Waals surface area contributed by atoms with Gasteiger partial charge in [0.25, 0.3) is 5.91 Å². The summed E-state index contributed by atoms with van der Waals surface area (Å²) >= 11 is 3.65. The smallest absolute Gasteiger partial charge is 0.416 e. The van der Waals surface area contributed by atoms with Gasteiger partial charge in [-0.05, 0) is 116 Å². The molecule has 6 nitrogen and oxygen atoms in total. The molecule has 0 bridgehead atoms. The van der Waals surface area contributed by atoms with Crippen molar-refractivity contribution in [2.45, 2.75) is 63.3 Å². The molecule has 1 amide bonds. The molecule has 0 spiro atoms. The highest BCUT2D eigenvalue weighted by atomic mass is 79.9. The Labute approximate surface area is 253 Å². The number of carbonyl (C=O) groups is 1.